The molecule has 0 aliphatic carbocycles. The number of hydrogen-bond acceptors (Lipinski definition) is 6. The second-order valence-corrected chi connectivity index (χ2v) is 9.78. The van der Waals surface area contributed by atoms with Crippen LogP contribution in [0.2, 0.25) is 0 Å². The molecule has 13 heteroatoms. The smallest absolute Gasteiger partial charge is 0.444 e. The van der Waals surface area contributed by atoms with Crippen molar-refractivity contribution in [3.63, 3.8) is 0 Å². The molecule has 1 amide bonds. The number of benzene rings is 1. The molecular formula is C26H29F3N6O4. The van der Waals surface area contributed by atoms with E-state index in [1.165, 1.54) is 29.1 Å². The molecule has 208 valence electrons. The number of nitrogens with one attached hydrogen (secondary N) is 1. The summed E-state index contributed by atoms with van der Waals surface area (Å²) in [4.78, 5) is 38.0. The number of alkyl carbamates (subject to hydrolysis) is 1. The lowest BCUT2D eigenvalue weighted by Gasteiger charge is -2.20. The Morgan fingerprint density at radius 3 is 2.33 bits per heavy atom. The Morgan fingerprint density at radius 2 is 1.74 bits per heavy atom. The molecule has 0 bridgehead atoms. The van der Waals surface area contributed by atoms with Gasteiger partial charge in [0.25, 0.3) is 5.56 Å². The lowest BCUT2D eigenvalue weighted by molar-refractivity contribution is -0.208. The Balaban J connectivity index is 1.90. The maximum absolute atomic E-state index is 14.0. The average molecular weight is 547 g/mol. The van der Waals surface area contributed by atoms with Crippen molar-refractivity contribution >= 4 is 6.09 Å². The van der Waals surface area contributed by atoms with E-state index in [-0.39, 0.29) is 35.3 Å². The highest BCUT2D eigenvalue weighted by Crippen LogP contribution is 2.27. The molecule has 0 aliphatic heterocycles. The van der Waals surface area contributed by atoms with Crippen molar-refractivity contribution in [3.8, 4) is 23.0 Å². The van der Waals surface area contributed by atoms with E-state index in [0.29, 0.717) is 28.7 Å². The first-order valence-electron chi connectivity index (χ1n) is 12.2. The quantitative estimate of drug-likeness (QED) is 0.422. The van der Waals surface area contributed by atoms with Crippen LogP contribution in [0.15, 0.2) is 46.1 Å². The number of halogens is 3. The maximum Gasteiger partial charge on any atom is 0.492 e. The highest BCUT2D eigenvalue weighted by Gasteiger charge is 2.37. The maximum atomic E-state index is 14.0. The Morgan fingerprint density at radius 1 is 1.08 bits per heavy atom. The van der Waals surface area contributed by atoms with E-state index in [0.717, 1.165) is 6.92 Å². The molecule has 10 nitrogen and oxygen atoms in total. The molecule has 3 rings (SSSR count). The van der Waals surface area contributed by atoms with Crippen molar-refractivity contribution in [2.75, 3.05) is 6.54 Å². The minimum atomic E-state index is -5.07. The number of unbranched alkanes of at least 4 members (excludes halogenated alkanes) is 2. The summed E-state index contributed by atoms with van der Waals surface area (Å²) in [5.41, 5.74) is -3.03. The van der Waals surface area contributed by atoms with Gasteiger partial charge >= 0.3 is 18.1 Å². The predicted molar refractivity (Wildman–Crippen MR) is 136 cm³/mol. The third kappa shape index (κ3) is 6.95. The third-order valence-corrected chi connectivity index (χ3v) is 5.70. The lowest BCUT2D eigenvalue weighted by atomic mass is 10.1. The number of carbonyl (C=O) groups is 1. The summed E-state index contributed by atoms with van der Waals surface area (Å²) < 4.78 is 48.6. The van der Waals surface area contributed by atoms with Crippen molar-refractivity contribution < 1.29 is 22.7 Å². The molecule has 1 aromatic carbocycles. The van der Waals surface area contributed by atoms with Crippen molar-refractivity contribution in [1.29, 1.82) is 5.26 Å². The van der Waals surface area contributed by atoms with Gasteiger partial charge in [0.2, 0.25) is 0 Å². The Hall–Kier alpha value is -4.34. The lowest BCUT2D eigenvalue weighted by Crippen LogP contribution is -2.46. The Kier molecular flexibility index (Phi) is 8.68. The van der Waals surface area contributed by atoms with Crippen LogP contribution in [0.1, 0.15) is 51.3 Å². The minimum absolute atomic E-state index is 0.0653. The van der Waals surface area contributed by atoms with Gasteiger partial charge in [0.15, 0.2) is 0 Å². The van der Waals surface area contributed by atoms with Crippen LogP contribution in [0.5, 0.6) is 0 Å². The van der Waals surface area contributed by atoms with Gasteiger partial charge in [-0.2, -0.15) is 10.4 Å². The molecule has 0 fully saturated rings. The van der Waals surface area contributed by atoms with Crippen LogP contribution in [-0.4, -0.2) is 37.2 Å². The van der Waals surface area contributed by atoms with E-state index in [9.17, 15) is 27.6 Å². The van der Waals surface area contributed by atoms with Crippen LogP contribution in [0.4, 0.5) is 18.0 Å². The van der Waals surface area contributed by atoms with Gasteiger partial charge in [-0.05, 0) is 77.3 Å². The Bertz CT molecular complexity index is 1490. The van der Waals surface area contributed by atoms with Gasteiger partial charge in [0.05, 0.1) is 34.8 Å². The Labute approximate surface area is 222 Å². The van der Waals surface area contributed by atoms with Gasteiger partial charge in [-0.3, -0.25) is 9.36 Å². The van der Waals surface area contributed by atoms with Crippen molar-refractivity contribution in [2.45, 2.75) is 65.4 Å². The number of aromatic nitrogens is 4. The molecule has 0 aliphatic rings. The fourth-order valence-electron chi connectivity index (χ4n) is 4.00. The van der Waals surface area contributed by atoms with Gasteiger partial charge in [0.1, 0.15) is 5.60 Å². The standard InChI is InChI=1S/C26H29F3N6O4/c1-17-21(20-12-14-32-35(20)19-10-8-18(16-30)9-11-19)22(36)33(24(38)34(17)26(27,28)29)15-7-5-6-13-31-23(37)39-25(2,3)4/h8-12,14H,5-7,13,15H2,1-4H3,(H,31,37). The predicted octanol–water partition coefficient (Wildman–Crippen LogP) is 4.21. The summed E-state index contributed by atoms with van der Waals surface area (Å²) in [6.45, 7) is 6.26. The van der Waals surface area contributed by atoms with Gasteiger partial charge in [-0.25, -0.2) is 18.8 Å². The van der Waals surface area contributed by atoms with Gasteiger partial charge in [-0.1, -0.05) is 0 Å². The molecule has 0 unspecified atom stereocenters. The molecule has 2 heterocycles. The molecular weight excluding hydrogens is 517 g/mol. The second-order valence-electron chi connectivity index (χ2n) is 9.78. The minimum Gasteiger partial charge on any atom is -0.444 e. The zero-order chi connectivity index (χ0) is 29.0. The molecule has 3 aromatic rings. The molecule has 0 saturated heterocycles. The summed E-state index contributed by atoms with van der Waals surface area (Å²) in [7, 11) is 0. The normalized spacial score (nSPS) is 11.7. The van der Waals surface area contributed by atoms with Gasteiger partial charge in [0, 0.05) is 18.8 Å². The summed E-state index contributed by atoms with van der Waals surface area (Å²) in [6, 6.07) is 9.49. The highest BCUT2D eigenvalue weighted by molar-refractivity contribution is 5.67. The largest absolute Gasteiger partial charge is 0.492 e. The van der Waals surface area contributed by atoms with Crippen LogP contribution in [-0.2, 0) is 17.6 Å². The van der Waals surface area contributed by atoms with E-state index >= 15 is 0 Å². The summed E-state index contributed by atoms with van der Waals surface area (Å²) in [5, 5.41) is 15.8. The van der Waals surface area contributed by atoms with E-state index in [1.807, 2.05) is 6.07 Å². The zero-order valence-electron chi connectivity index (χ0n) is 22.0. The molecule has 2 aromatic heterocycles. The number of amides is 1. The highest BCUT2D eigenvalue weighted by atomic mass is 19.4. The molecule has 1 N–H and O–H groups in total. The molecule has 39 heavy (non-hydrogen) atoms. The van der Waals surface area contributed by atoms with Gasteiger partial charge in [-0.15, -0.1) is 13.2 Å². The van der Waals surface area contributed by atoms with Crippen LogP contribution < -0.4 is 16.6 Å². The van der Waals surface area contributed by atoms with Crippen LogP contribution >= 0.6 is 0 Å². The van der Waals surface area contributed by atoms with Crippen LogP contribution in [0.25, 0.3) is 16.9 Å². The first-order chi connectivity index (χ1) is 18.2. The number of nitriles is 1. The summed E-state index contributed by atoms with van der Waals surface area (Å²) >= 11 is 0. The monoisotopic (exact) mass is 546 g/mol. The number of ether oxygens (including phenoxy) is 1. The third-order valence-electron chi connectivity index (χ3n) is 5.70. The van der Waals surface area contributed by atoms with Crippen LogP contribution in [0.3, 0.4) is 0 Å². The van der Waals surface area contributed by atoms with E-state index in [4.69, 9.17) is 10.00 Å². The molecule has 0 radical (unpaired) electrons. The number of hydrogen-bond donors (Lipinski definition) is 1. The van der Waals surface area contributed by atoms with E-state index in [1.54, 1.807) is 32.9 Å². The van der Waals surface area contributed by atoms with E-state index in [2.05, 4.69) is 10.4 Å². The fourth-order valence-corrected chi connectivity index (χ4v) is 4.00. The van der Waals surface area contributed by atoms with E-state index < -0.39 is 34.9 Å². The van der Waals surface area contributed by atoms with Crippen molar-refractivity contribution in [2.24, 2.45) is 0 Å². The topological polar surface area (TPSA) is 124 Å². The number of alkyl halides is 3. The number of rotatable bonds is 8. The fraction of sp³-hybridized carbons (Fsp3) is 0.423. The SMILES string of the molecule is Cc1c(-c2ccnn2-c2ccc(C#N)cc2)c(=O)n(CCCCCNC(=O)OC(C)(C)C)c(=O)n1C(F)(F)F. The second kappa shape index (κ2) is 11.6. The molecule has 0 spiro atoms. The number of nitrogens with zero attached hydrogens (tertiary/aromatic N) is 5. The zero-order valence-corrected chi connectivity index (χ0v) is 22.0. The number of carbonyl (C=O) groups excluding carboxylic acids is 1. The first-order valence-corrected chi connectivity index (χ1v) is 12.2. The molecule has 0 atom stereocenters. The van der Waals surface area contributed by atoms with Crippen LogP contribution in [0, 0.1) is 18.3 Å². The molecule has 0 saturated carbocycles. The summed E-state index contributed by atoms with van der Waals surface area (Å²) in [6.07, 6.45) is -3.21. The average Bonchev–Trinajstić information content (AvgIpc) is 3.30. The van der Waals surface area contributed by atoms with Gasteiger partial charge < -0.3 is 10.1 Å². The summed E-state index contributed by atoms with van der Waals surface area (Å²) in [5.74, 6) is 0. The van der Waals surface area contributed by atoms with Crippen molar-refractivity contribution in [1.82, 2.24) is 24.2 Å². The first kappa shape index (κ1) is 29.2. The van der Waals surface area contributed by atoms with Crippen molar-refractivity contribution in [3.05, 3.63) is 68.6 Å².